The Labute approximate surface area is 168 Å². The summed E-state index contributed by atoms with van der Waals surface area (Å²) in [6.45, 7) is 2.95. The number of hydrogen-bond acceptors (Lipinski definition) is 6. The number of rotatable bonds is 3. The van der Waals surface area contributed by atoms with Gasteiger partial charge in [0.2, 0.25) is 0 Å². The zero-order valence-electron chi connectivity index (χ0n) is 15.9. The fraction of sp³-hybridized carbons (Fsp3) is 0.217. The van der Waals surface area contributed by atoms with E-state index in [1.807, 2.05) is 54.6 Å². The van der Waals surface area contributed by atoms with Crippen LogP contribution >= 0.6 is 0 Å². The number of aromatic nitrogens is 2. The maximum Gasteiger partial charge on any atom is 0.135 e. The average Bonchev–Trinajstić information content (AvgIpc) is 2.77. The number of hydrogen-bond donors (Lipinski definition) is 2. The molecule has 2 aromatic heterocycles. The van der Waals surface area contributed by atoms with Crippen LogP contribution in [0.4, 0.5) is 5.82 Å². The number of pyridine rings is 2. The fourth-order valence-electron chi connectivity index (χ4n) is 4.09. The highest BCUT2D eigenvalue weighted by atomic mass is 16.3. The van der Waals surface area contributed by atoms with Gasteiger partial charge >= 0.3 is 0 Å². The summed E-state index contributed by atoms with van der Waals surface area (Å²) in [7, 11) is 0. The van der Waals surface area contributed by atoms with Gasteiger partial charge in [-0.1, -0.05) is 36.4 Å². The Bertz CT molecular complexity index is 1100. The second-order valence-corrected chi connectivity index (χ2v) is 7.33. The minimum atomic E-state index is -0.706. The SMILES string of the molecule is Oc1ccc(N2CCN(C(O)c3c4ccccc4nc4ccccc34)CC2)nc1. The van der Waals surface area contributed by atoms with Gasteiger partial charge in [-0.15, -0.1) is 0 Å². The maximum atomic E-state index is 11.4. The van der Waals surface area contributed by atoms with E-state index >= 15 is 0 Å². The summed E-state index contributed by atoms with van der Waals surface area (Å²) in [5, 5.41) is 22.8. The third-order valence-electron chi connectivity index (χ3n) is 5.60. The summed E-state index contributed by atoms with van der Waals surface area (Å²) < 4.78 is 0. The van der Waals surface area contributed by atoms with Gasteiger partial charge in [-0.3, -0.25) is 4.90 Å². The van der Waals surface area contributed by atoms with E-state index in [9.17, 15) is 10.2 Å². The first-order valence-corrected chi connectivity index (χ1v) is 9.80. The summed E-state index contributed by atoms with van der Waals surface area (Å²) in [5.74, 6) is 1.01. The molecule has 6 heteroatoms. The molecule has 4 aromatic rings. The highest BCUT2D eigenvalue weighted by Crippen LogP contribution is 2.33. The molecule has 146 valence electrons. The first-order valence-electron chi connectivity index (χ1n) is 9.80. The number of benzene rings is 2. The van der Waals surface area contributed by atoms with Gasteiger partial charge in [0.05, 0.1) is 17.2 Å². The van der Waals surface area contributed by atoms with Crippen LogP contribution in [0.3, 0.4) is 0 Å². The molecule has 0 spiro atoms. The molecule has 3 heterocycles. The van der Waals surface area contributed by atoms with E-state index in [1.54, 1.807) is 6.07 Å². The molecule has 5 rings (SSSR count). The predicted octanol–water partition coefficient (Wildman–Crippen LogP) is 3.30. The van der Waals surface area contributed by atoms with Gasteiger partial charge in [0.15, 0.2) is 0 Å². The lowest BCUT2D eigenvalue weighted by Gasteiger charge is -2.38. The van der Waals surface area contributed by atoms with Crippen molar-refractivity contribution in [2.75, 3.05) is 31.1 Å². The van der Waals surface area contributed by atoms with Crippen molar-refractivity contribution in [3.8, 4) is 5.75 Å². The van der Waals surface area contributed by atoms with E-state index in [1.165, 1.54) is 6.20 Å². The predicted molar refractivity (Wildman–Crippen MR) is 114 cm³/mol. The Morgan fingerprint density at radius 3 is 2.00 bits per heavy atom. The lowest BCUT2D eigenvalue weighted by atomic mass is 10.0. The van der Waals surface area contributed by atoms with E-state index in [2.05, 4.69) is 14.8 Å². The lowest BCUT2D eigenvalue weighted by molar-refractivity contribution is 0.000435. The highest BCUT2D eigenvalue weighted by Gasteiger charge is 2.26. The Hall–Kier alpha value is -3.22. The van der Waals surface area contributed by atoms with Crippen molar-refractivity contribution in [1.29, 1.82) is 0 Å². The molecule has 1 unspecified atom stereocenters. The molecular formula is C23H22N4O2. The fourth-order valence-corrected chi connectivity index (χ4v) is 4.09. The number of aliphatic hydroxyl groups is 1. The van der Waals surface area contributed by atoms with Crippen LogP contribution in [0.15, 0.2) is 66.9 Å². The normalized spacial score (nSPS) is 16.4. The third-order valence-corrected chi connectivity index (χ3v) is 5.60. The van der Waals surface area contributed by atoms with E-state index < -0.39 is 6.23 Å². The second-order valence-electron chi connectivity index (χ2n) is 7.33. The number of aliphatic hydroxyl groups excluding tert-OH is 1. The molecule has 1 aliphatic rings. The standard InChI is InChI=1S/C23H22N4O2/c28-16-9-10-21(24-15-16)26-11-13-27(14-12-26)23(29)22-17-5-1-3-7-19(17)25-20-8-4-2-6-18(20)22/h1-10,15,23,28-29H,11-14H2. The van der Waals surface area contributed by atoms with Crippen molar-refractivity contribution in [2.45, 2.75) is 6.23 Å². The number of para-hydroxylation sites is 2. The maximum absolute atomic E-state index is 11.4. The van der Waals surface area contributed by atoms with Crippen LogP contribution in [0.2, 0.25) is 0 Å². The molecule has 0 radical (unpaired) electrons. The van der Waals surface area contributed by atoms with Gasteiger partial charge in [-0.05, 0) is 24.3 Å². The average molecular weight is 386 g/mol. The molecular weight excluding hydrogens is 364 g/mol. The molecule has 6 nitrogen and oxygen atoms in total. The highest BCUT2D eigenvalue weighted by molar-refractivity contribution is 5.97. The van der Waals surface area contributed by atoms with Crippen molar-refractivity contribution in [3.63, 3.8) is 0 Å². The molecule has 1 saturated heterocycles. The van der Waals surface area contributed by atoms with Crippen molar-refractivity contribution in [1.82, 2.24) is 14.9 Å². The second kappa shape index (κ2) is 7.31. The first-order chi connectivity index (χ1) is 14.2. The van der Waals surface area contributed by atoms with E-state index in [0.717, 1.165) is 46.3 Å². The monoisotopic (exact) mass is 386 g/mol. The van der Waals surface area contributed by atoms with Gasteiger partial charge in [0.25, 0.3) is 0 Å². The van der Waals surface area contributed by atoms with Crippen LogP contribution in [-0.2, 0) is 0 Å². The minimum Gasteiger partial charge on any atom is -0.506 e. The van der Waals surface area contributed by atoms with Crippen LogP contribution < -0.4 is 4.90 Å². The first kappa shape index (κ1) is 17.8. The van der Waals surface area contributed by atoms with E-state index in [-0.39, 0.29) is 5.75 Å². The molecule has 2 N–H and O–H groups in total. The quantitative estimate of drug-likeness (QED) is 0.527. The third kappa shape index (κ3) is 3.26. The molecule has 0 saturated carbocycles. The van der Waals surface area contributed by atoms with Gasteiger partial charge in [-0.25, -0.2) is 9.97 Å². The minimum absolute atomic E-state index is 0.166. The van der Waals surface area contributed by atoms with Crippen molar-refractivity contribution in [2.24, 2.45) is 0 Å². The number of fused-ring (bicyclic) bond motifs is 2. The summed E-state index contributed by atoms with van der Waals surface area (Å²) in [6.07, 6.45) is 0.758. The van der Waals surface area contributed by atoms with Crippen LogP contribution in [0.1, 0.15) is 11.8 Å². The summed E-state index contributed by atoms with van der Waals surface area (Å²) in [6, 6.07) is 19.5. The Kier molecular flexibility index (Phi) is 4.50. The molecule has 2 aromatic carbocycles. The number of piperazine rings is 1. The molecule has 1 fully saturated rings. The summed E-state index contributed by atoms with van der Waals surface area (Å²) >= 11 is 0. The summed E-state index contributed by atoms with van der Waals surface area (Å²) in [4.78, 5) is 13.3. The molecule has 0 bridgehead atoms. The van der Waals surface area contributed by atoms with Crippen LogP contribution in [0.25, 0.3) is 21.8 Å². The summed E-state index contributed by atoms with van der Waals surface area (Å²) in [5.41, 5.74) is 2.71. The Morgan fingerprint density at radius 2 is 1.41 bits per heavy atom. The molecule has 0 amide bonds. The van der Waals surface area contributed by atoms with Gasteiger partial charge in [0, 0.05) is 42.5 Å². The van der Waals surface area contributed by atoms with Crippen LogP contribution in [-0.4, -0.2) is 51.3 Å². The van der Waals surface area contributed by atoms with Gasteiger partial charge < -0.3 is 15.1 Å². The number of anilines is 1. The lowest BCUT2D eigenvalue weighted by Crippen LogP contribution is -2.48. The van der Waals surface area contributed by atoms with Crippen LogP contribution in [0, 0.1) is 0 Å². The molecule has 0 aliphatic carbocycles. The topological polar surface area (TPSA) is 72.7 Å². The van der Waals surface area contributed by atoms with E-state index in [0.29, 0.717) is 13.1 Å². The smallest absolute Gasteiger partial charge is 0.135 e. The number of nitrogens with zero attached hydrogens (tertiary/aromatic N) is 4. The van der Waals surface area contributed by atoms with Crippen molar-refractivity contribution in [3.05, 3.63) is 72.4 Å². The zero-order valence-corrected chi connectivity index (χ0v) is 15.9. The molecule has 1 atom stereocenters. The molecule has 1 aliphatic heterocycles. The van der Waals surface area contributed by atoms with Gasteiger partial charge in [-0.2, -0.15) is 0 Å². The Morgan fingerprint density at radius 1 is 0.793 bits per heavy atom. The van der Waals surface area contributed by atoms with Gasteiger partial charge in [0.1, 0.15) is 17.8 Å². The van der Waals surface area contributed by atoms with E-state index in [4.69, 9.17) is 4.98 Å². The largest absolute Gasteiger partial charge is 0.506 e. The molecule has 29 heavy (non-hydrogen) atoms. The number of aromatic hydroxyl groups is 1. The zero-order chi connectivity index (χ0) is 19.8. The van der Waals surface area contributed by atoms with Crippen molar-refractivity contribution >= 4 is 27.6 Å². The Balaban J connectivity index is 1.45. The van der Waals surface area contributed by atoms with Crippen LogP contribution in [0.5, 0.6) is 5.75 Å². The van der Waals surface area contributed by atoms with Crippen molar-refractivity contribution < 1.29 is 10.2 Å².